The summed E-state index contributed by atoms with van der Waals surface area (Å²) in [6.07, 6.45) is 1.78. The molecule has 0 unspecified atom stereocenters. The number of nitrogens with one attached hydrogen (secondary N) is 1. The molecule has 0 saturated carbocycles. The van der Waals surface area contributed by atoms with Crippen LogP contribution >= 0.6 is 0 Å². The Morgan fingerprint density at radius 3 is 2.77 bits per heavy atom. The highest BCUT2D eigenvalue weighted by Crippen LogP contribution is 2.11. The molecule has 0 saturated heterocycles. The molecule has 2 rings (SSSR count). The Labute approximate surface area is 79.6 Å². The molecule has 1 aromatic heterocycles. The third-order valence-corrected chi connectivity index (χ3v) is 1.58. The smallest absolute Gasteiger partial charge is 0.220 e. The highest BCUT2D eigenvalue weighted by Gasteiger charge is 2.10. The van der Waals surface area contributed by atoms with Crippen LogP contribution in [0.25, 0.3) is 0 Å². The lowest BCUT2D eigenvalue weighted by molar-refractivity contribution is 0.758. The fourth-order valence-electron chi connectivity index (χ4n) is 1.07. The summed E-state index contributed by atoms with van der Waals surface area (Å²) in [5.41, 5.74) is 7.58. The Bertz CT molecular complexity index is 260. The van der Waals surface area contributed by atoms with Crippen molar-refractivity contribution in [3.63, 3.8) is 0 Å². The lowest BCUT2D eigenvalue weighted by Gasteiger charge is -1.94. The van der Waals surface area contributed by atoms with Gasteiger partial charge in [-0.05, 0) is 0 Å². The third kappa shape index (κ3) is 2.66. The van der Waals surface area contributed by atoms with Crippen LogP contribution in [0.5, 0.6) is 0 Å². The fourth-order valence-corrected chi connectivity index (χ4v) is 1.07. The first-order valence-corrected chi connectivity index (χ1v) is 4.17. The van der Waals surface area contributed by atoms with E-state index in [-0.39, 0.29) is 7.43 Å². The van der Waals surface area contributed by atoms with Gasteiger partial charge in [-0.3, -0.25) is 0 Å². The average Bonchev–Trinajstić information content (AvgIpc) is 2.54. The lowest BCUT2D eigenvalue weighted by Crippen LogP contribution is -2.01. The Morgan fingerprint density at radius 1 is 1.38 bits per heavy atom. The lowest BCUT2D eigenvalue weighted by atomic mass is 10.3. The zero-order valence-electron chi connectivity index (χ0n) is 7.46. The summed E-state index contributed by atoms with van der Waals surface area (Å²) in [6.45, 7) is 5.69. The molecular weight excluding hydrogens is 164 g/mol. The first-order valence-electron chi connectivity index (χ1n) is 4.17. The Hall–Kier alpha value is -1.16. The first-order chi connectivity index (χ1) is 5.86. The van der Waals surface area contributed by atoms with Gasteiger partial charge in [0.25, 0.3) is 0 Å². The van der Waals surface area contributed by atoms with Gasteiger partial charge in [-0.15, -0.1) is 0 Å². The van der Waals surface area contributed by atoms with E-state index in [1.807, 2.05) is 13.8 Å². The van der Waals surface area contributed by atoms with E-state index in [0.717, 1.165) is 24.3 Å². The van der Waals surface area contributed by atoms with Crippen LogP contribution in [0.1, 0.15) is 32.5 Å². The predicted octanol–water partition coefficient (Wildman–Crippen LogP) is 1.32. The van der Waals surface area contributed by atoms with Gasteiger partial charge in [-0.25, -0.2) is 9.97 Å². The molecule has 0 atom stereocenters. The number of hydrogen-bond acceptors (Lipinski definition) is 4. The summed E-state index contributed by atoms with van der Waals surface area (Å²) >= 11 is 0. The van der Waals surface area contributed by atoms with E-state index in [1.54, 1.807) is 6.20 Å². The van der Waals surface area contributed by atoms with E-state index in [9.17, 15) is 0 Å². The van der Waals surface area contributed by atoms with Crippen LogP contribution in [0.2, 0.25) is 0 Å². The molecule has 1 aromatic rings. The predicted molar refractivity (Wildman–Crippen MR) is 55.1 cm³/mol. The van der Waals surface area contributed by atoms with E-state index in [0.29, 0.717) is 5.95 Å². The van der Waals surface area contributed by atoms with Gasteiger partial charge in [0.1, 0.15) is 0 Å². The molecule has 0 amide bonds. The molecule has 1 aliphatic rings. The molecule has 4 heteroatoms. The molecular formula is C9H18N4. The van der Waals surface area contributed by atoms with Gasteiger partial charge < -0.3 is 11.1 Å². The molecule has 0 bridgehead atoms. The van der Waals surface area contributed by atoms with E-state index in [1.165, 1.54) is 0 Å². The van der Waals surface area contributed by atoms with Crippen molar-refractivity contribution in [1.82, 2.24) is 15.3 Å². The number of hydrogen-bond donors (Lipinski definition) is 2. The summed E-state index contributed by atoms with van der Waals surface area (Å²) in [7, 11) is 0. The second kappa shape index (κ2) is 5.48. The van der Waals surface area contributed by atoms with Gasteiger partial charge >= 0.3 is 0 Å². The number of anilines is 1. The summed E-state index contributed by atoms with van der Waals surface area (Å²) in [5, 5.41) is 3.16. The quantitative estimate of drug-likeness (QED) is 0.635. The number of nitrogens with zero attached hydrogens (tertiary/aromatic N) is 2. The molecule has 2 heterocycles. The second-order valence-electron chi connectivity index (χ2n) is 2.30. The van der Waals surface area contributed by atoms with E-state index in [2.05, 4.69) is 15.3 Å². The van der Waals surface area contributed by atoms with Crippen molar-refractivity contribution < 1.29 is 0 Å². The normalized spacial score (nSPS) is 12.2. The fraction of sp³-hybridized carbons (Fsp3) is 0.556. The van der Waals surface area contributed by atoms with Crippen molar-refractivity contribution in [2.24, 2.45) is 0 Å². The Kier molecular flexibility index (Phi) is 4.99. The highest BCUT2D eigenvalue weighted by molar-refractivity contribution is 5.27. The van der Waals surface area contributed by atoms with Crippen molar-refractivity contribution in [2.45, 2.75) is 34.4 Å². The largest absolute Gasteiger partial charge is 0.368 e. The van der Waals surface area contributed by atoms with Crippen LogP contribution < -0.4 is 11.1 Å². The maximum absolute atomic E-state index is 5.38. The van der Waals surface area contributed by atoms with Crippen LogP contribution in [0.15, 0.2) is 6.20 Å². The maximum Gasteiger partial charge on any atom is 0.220 e. The average molecular weight is 182 g/mol. The molecule has 13 heavy (non-hydrogen) atoms. The van der Waals surface area contributed by atoms with Gasteiger partial charge in [-0.2, -0.15) is 0 Å². The van der Waals surface area contributed by atoms with E-state index in [4.69, 9.17) is 5.73 Å². The standard InChI is InChI=1S/C6H8N4.C2H6.CH4/c7-6-9-2-4-1-8-3-5(4)10-6;1-2;/h2,8H,1,3H2,(H2,7,9,10);1-2H3;1H4. The minimum absolute atomic E-state index is 0. The van der Waals surface area contributed by atoms with Crippen molar-refractivity contribution in [3.05, 3.63) is 17.5 Å². The maximum atomic E-state index is 5.38. The molecule has 1 aliphatic heterocycles. The Morgan fingerprint density at radius 2 is 2.08 bits per heavy atom. The second-order valence-corrected chi connectivity index (χ2v) is 2.30. The zero-order chi connectivity index (χ0) is 8.97. The van der Waals surface area contributed by atoms with Gasteiger partial charge in [0.05, 0.1) is 5.69 Å². The highest BCUT2D eigenvalue weighted by atomic mass is 15.0. The van der Waals surface area contributed by atoms with Crippen molar-refractivity contribution in [1.29, 1.82) is 0 Å². The topological polar surface area (TPSA) is 63.8 Å². The van der Waals surface area contributed by atoms with Gasteiger partial charge in [0.2, 0.25) is 5.95 Å². The minimum atomic E-state index is 0. The first kappa shape index (κ1) is 11.8. The summed E-state index contributed by atoms with van der Waals surface area (Å²) in [6, 6.07) is 0. The molecule has 0 fully saturated rings. The summed E-state index contributed by atoms with van der Waals surface area (Å²) in [4.78, 5) is 7.94. The number of rotatable bonds is 0. The van der Waals surface area contributed by atoms with Crippen LogP contribution in [-0.4, -0.2) is 9.97 Å². The van der Waals surface area contributed by atoms with E-state index < -0.39 is 0 Å². The molecule has 0 aliphatic carbocycles. The van der Waals surface area contributed by atoms with Crippen molar-refractivity contribution in [2.75, 3.05) is 5.73 Å². The number of aromatic nitrogens is 2. The molecule has 4 nitrogen and oxygen atoms in total. The van der Waals surface area contributed by atoms with Crippen LogP contribution in [0, 0.1) is 0 Å². The molecule has 3 N–H and O–H groups in total. The zero-order valence-corrected chi connectivity index (χ0v) is 7.46. The number of nitrogens with two attached hydrogens (primary N) is 1. The summed E-state index contributed by atoms with van der Waals surface area (Å²) in [5.74, 6) is 0.363. The molecule has 0 spiro atoms. The van der Waals surface area contributed by atoms with Gasteiger partial charge in [-0.1, -0.05) is 21.3 Å². The van der Waals surface area contributed by atoms with Crippen LogP contribution in [0.4, 0.5) is 5.95 Å². The third-order valence-electron chi connectivity index (χ3n) is 1.58. The molecule has 74 valence electrons. The van der Waals surface area contributed by atoms with Crippen LogP contribution in [0.3, 0.4) is 0 Å². The minimum Gasteiger partial charge on any atom is -0.368 e. The van der Waals surface area contributed by atoms with Crippen molar-refractivity contribution in [3.8, 4) is 0 Å². The van der Waals surface area contributed by atoms with Gasteiger partial charge in [0, 0.05) is 24.8 Å². The monoisotopic (exact) mass is 182 g/mol. The molecule has 0 radical (unpaired) electrons. The van der Waals surface area contributed by atoms with Crippen molar-refractivity contribution >= 4 is 5.95 Å². The number of fused-ring (bicyclic) bond motifs is 1. The van der Waals surface area contributed by atoms with E-state index >= 15 is 0 Å². The SMILES string of the molecule is C.CC.Nc1ncc2c(n1)CNC2. The number of nitrogen functional groups attached to an aromatic ring is 1. The molecule has 0 aromatic carbocycles. The van der Waals surface area contributed by atoms with Gasteiger partial charge in [0.15, 0.2) is 0 Å². The Balaban J connectivity index is 0.000000451. The van der Waals surface area contributed by atoms with Crippen LogP contribution in [-0.2, 0) is 13.1 Å². The summed E-state index contributed by atoms with van der Waals surface area (Å²) < 4.78 is 0.